The third kappa shape index (κ3) is 2.42. The van der Waals surface area contributed by atoms with Crippen molar-refractivity contribution in [1.29, 1.82) is 0 Å². The fourth-order valence-electron chi connectivity index (χ4n) is 1.85. The topological polar surface area (TPSA) is 7.65 Å². The van der Waals surface area contributed by atoms with Gasteiger partial charge in [0, 0.05) is 30.2 Å². The summed E-state index contributed by atoms with van der Waals surface area (Å²) in [6.45, 7) is 1.09. The summed E-state index contributed by atoms with van der Waals surface area (Å²) in [7, 11) is 4.22. The zero-order valence-electron chi connectivity index (χ0n) is 9.85. The molecule has 0 aliphatic carbocycles. The quantitative estimate of drug-likeness (QED) is 0.799. The number of aromatic nitrogens is 1. The van der Waals surface area contributed by atoms with Crippen molar-refractivity contribution >= 4 is 18.1 Å². The summed E-state index contributed by atoms with van der Waals surface area (Å²) in [4.78, 5) is 2.21. The van der Waals surface area contributed by atoms with Gasteiger partial charge in [-0.1, -0.05) is 0 Å². The molecule has 0 bridgehead atoms. The summed E-state index contributed by atoms with van der Waals surface area (Å²) in [6.07, 6.45) is 5.34. The maximum Gasteiger partial charge on any atom is 0.0485 e. The van der Waals surface area contributed by atoms with E-state index in [9.17, 15) is 0 Å². The molecule has 2 aromatic rings. The number of rotatable bonds is 4. The molecule has 2 aromatic heterocycles. The maximum atomic E-state index is 4.32. The second kappa shape index (κ2) is 4.93. The molecule has 2 nitrogen and oxygen atoms in total. The third-order valence-electron chi connectivity index (χ3n) is 2.83. The fourth-order valence-corrected chi connectivity index (χ4v) is 2.05. The van der Waals surface area contributed by atoms with Crippen LogP contribution < -0.4 is 0 Å². The molecule has 0 saturated carbocycles. The Bertz CT molecular complexity index is 474. The molecule has 16 heavy (non-hydrogen) atoms. The summed E-state index contributed by atoms with van der Waals surface area (Å²) in [5.74, 6) is 0.800. The number of hydrogen-bond donors (Lipinski definition) is 1. The van der Waals surface area contributed by atoms with Crippen molar-refractivity contribution in [2.24, 2.45) is 0 Å². The second-order valence-electron chi connectivity index (χ2n) is 4.38. The molecule has 0 radical (unpaired) electrons. The number of pyridine rings is 1. The van der Waals surface area contributed by atoms with Crippen LogP contribution in [0.1, 0.15) is 11.1 Å². The van der Waals surface area contributed by atoms with Gasteiger partial charge in [-0.15, -0.1) is 0 Å². The minimum atomic E-state index is 0.800. The third-order valence-corrected chi connectivity index (χ3v) is 3.19. The molecular weight excluding hydrogens is 216 g/mol. The Morgan fingerprint density at radius 3 is 2.69 bits per heavy atom. The zero-order chi connectivity index (χ0) is 11.5. The first-order valence-electron chi connectivity index (χ1n) is 5.55. The van der Waals surface area contributed by atoms with Gasteiger partial charge in [0.1, 0.15) is 0 Å². The van der Waals surface area contributed by atoms with Crippen molar-refractivity contribution in [2.45, 2.75) is 12.2 Å². The van der Waals surface area contributed by atoms with E-state index in [1.165, 1.54) is 16.6 Å². The average molecular weight is 234 g/mol. The Balaban J connectivity index is 2.30. The molecule has 0 fully saturated rings. The molecule has 0 N–H and O–H groups in total. The van der Waals surface area contributed by atoms with Gasteiger partial charge in [-0.3, -0.25) is 0 Å². The maximum absolute atomic E-state index is 4.32. The minimum Gasteiger partial charge on any atom is -0.324 e. The predicted molar refractivity (Wildman–Crippen MR) is 72.3 cm³/mol. The zero-order valence-corrected chi connectivity index (χ0v) is 10.7. The molecule has 2 heterocycles. The van der Waals surface area contributed by atoms with E-state index in [2.05, 4.69) is 66.6 Å². The highest BCUT2D eigenvalue weighted by Crippen LogP contribution is 2.16. The Morgan fingerprint density at radius 1 is 1.25 bits per heavy atom. The summed E-state index contributed by atoms with van der Waals surface area (Å²) in [6, 6.07) is 6.56. The molecule has 0 atom stereocenters. The van der Waals surface area contributed by atoms with E-state index in [1.54, 1.807) is 0 Å². The Morgan fingerprint density at radius 2 is 2.00 bits per heavy atom. The van der Waals surface area contributed by atoms with Gasteiger partial charge >= 0.3 is 0 Å². The van der Waals surface area contributed by atoms with Gasteiger partial charge in [0.05, 0.1) is 0 Å². The van der Waals surface area contributed by atoms with Gasteiger partial charge < -0.3 is 9.30 Å². The first kappa shape index (κ1) is 11.6. The first-order chi connectivity index (χ1) is 7.70. The smallest absolute Gasteiger partial charge is 0.0485 e. The van der Waals surface area contributed by atoms with Crippen LogP contribution >= 0.6 is 12.6 Å². The summed E-state index contributed by atoms with van der Waals surface area (Å²) >= 11 is 4.32. The highest BCUT2D eigenvalue weighted by Gasteiger charge is 2.03. The standard InChI is InChI=1S/C13H18N2S/c1-14(2)6-4-12-5-8-15-7-3-11(10-16)9-13(12)15/h3,5,7-9,16H,4,6,10H2,1-2H3. The van der Waals surface area contributed by atoms with Crippen LogP contribution in [0.2, 0.25) is 0 Å². The fraction of sp³-hybridized carbons (Fsp3) is 0.385. The number of thiol groups is 1. The average Bonchev–Trinajstić information content (AvgIpc) is 2.68. The van der Waals surface area contributed by atoms with Crippen molar-refractivity contribution < 1.29 is 0 Å². The molecular formula is C13H18N2S. The summed E-state index contributed by atoms with van der Waals surface area (Å²) < 4.78 is 2.18. The van der Waals surface area contributed by atoms with Gasteiger partial charge in [0.15, 0.2) is 0 Å². The molecule has 86 valence electrons. The lowest BCUT2D eigenvalue weighted by Gasteiger charge is -2.08. The van der Waals surface area contributed by atoms with E-state index in [-0.39, 0.29) is 0 Å². The van der Waals surface area contributed by atoms with E-state index in [1.807, 2.05) is 0 Å². The van der Waals surface area contributed by atoms with Crippen molar-refractivity contribution in [3.05, 3.63) is 41.7 Å². The van der Waals surface area contributed by atoms with Gasteiger partial charge in [-0.2, -0.15) is 12.6 Å². The summed E-state index contributed by atoms with van der Waals surface area (Å²) in [5, 5.41) is 0. The van der Waals surface area contributed by atoms with Crippen LogP contribution in [0.4, 0.5) is 0 Å². The largest absolute Gasteiger partial charge is 0.324 e. The van der Waals surface area contributed by atoms with Gasteiger partial charge in [0.25, 0.3) is 0 Å². The summed E-state index contributed by atoms with van der Waals surface area (Å²) in [5.41, 5.74) is 4.01. The van der Waals surface area contributed by atoms with Crippen LogP contribution in [0.3, 0.4) is 0 Å². The van der Waals surface area contributed by atoms with E-state index in [4.69, 9.17) is 0 Å². The Hall–Kier alpha value is -0.930. The van der Waals surface area contributed by atoms with E-state index in [0.29, 0.717) is 0 Å². The molecule has 3 heteroatoms. The van der Waals surface area contributed by atoms with E-state index >= 15 is 0 Å². The lowest BCUT2D eigenvalue weighted by atomic mass is 10.1. The Labute approximate surface area is 102 Å². The molecule has 0 aromatic carbocycles. The van der Waals surface area contributed by atoms with Gasteiger partial charge in [-0.25, -0.2) is 0 Å². The lowest BCUT2D eigenvalue weighted by molar-refractivity contribution is 0.414. The number of hydrogen-bond acceptors (Lipinski definition) is 2. The van der Waals surface area contributed by atoms with Gasteiger partial charge in [-0.05, 0) is 49.8 Å². The lowest BCUT2D eigenvalue weighted by Crippen LogP contribution is -2.14. The Kier molecular flexibility index (Phi) is 3.56. The van der Waals surface area contributed by atoms with Crippen molar-refractivity contribution in [2.75, 3.05) is 20.6 Å². The molecule has 0 amide bonds. The second-order valence-corrected chi connectivity index (χ2v) is 4.70. The number of likely N-dealkylation sites (N-methyl/N-ethyl adjacent to an activating group) is 1. The van der Waals surface area contributed by atoms with Crippen LogP contribution in [-0.4, -0.2) is 29.9 Å². The highest BCUT2D eigenvalue weighted by atomic mass is 32.1. The van der Waals surface area contributed by atoms with Crippen LogP contribution in [-0.2, 0) is 12.2 Å². The molecule has 0 saturated heterocycles. The van der Waals surface area contributed by atoms with Crippen molar-refractivity contribution in [3.8, 4) is 0 Å². The monoisotopic (exact) mass is 234 g/mol. The van der Waals surface area contributed by atoms with Gasteiger partial charge in [0.2, 0.25) is 0 Å². The highest BCUT2D eigenvalue weighted by molar-refractivity contribution is 7.79. The van der Waals surface area contributed by atoms with Crippen molar-refractivity contribution in [1.82, 2.24) is 9.30 Å². The molecule has 0 spiro atoms. The normalized spacial score (nSPS) is 11.5. The van der Waals surface area contributed by atoms with Crippen LogP contribution in [0.25, 0.3) is 5.52 Å². The molecule has 0 aliphatic heterocycles. The van der Waals surface area contributed by atoms with E-state index < -0.39 is 0 Å². The molecule has 0 unspecified atom stereocenters. The number of fused-ring (bicyclic) bond motifs is 1. The predicted octanol–water partition coefficient (Wildman–Crippen LogP) is 2.47. The molecule has 0 aliphatic rings. The van der Waals surface area contributed by atoms with Crippen molar-refractivity contribution in [3.63, 3.8) is 0 Å². The van der Waals surface area contributed by atoms with E-state index in [0.717, 1.165) is 18.7 Å². The number of nitrogens with zero attached hydrogens (tertiary/aromatic N) is 2. The van der Waals surface area contributed by atoms with Crippen LogP contribution in [0.15, 0.2) is 30.6 Å². The minimum absolute atomic E-state index is 0.800. The first-order valence-corrected chi connectivity index (χ1v) is 6.18. The van der Waals surface area contributed by atoms with Crippen LogP contribution in [0.5, 0.6) is 0 Å². The van der Waals surface area contributed by atoms with Crippen LogP contribution in [0, 0.1) is 0 Å². The molecule has 2 rings (SSSR count). The SMILES string of the molecule is CN(C)CCc1ccn2ccc(CS)cc12.